The lowest BCUT2D eigenvalue weighted by molar-refractivity contribution is -0.132. The predicted molar refractivity (Wildman–Crippen MR) is 160 cm³/mol. The average molecular weight is 621 g/mol. The van der Waals surface area contributed by atoms with Gasteiger partial charge in [0.05, 0.1) is 19.8 Å². The van der Waals surface area contributed by atoms with Gasteiger partial charge in [-0.15, -0.1) is 0 Å². The van der Waals surface area contributed by atoms with E-state index in [1.807, 2.05) is 0 Å². The summed E-state index contributed by atoms with van der Waals surface area (Å²) in [4.78, 5) is 75.5. The van der Waals surface area contributed by atoms with Crippen LogP contribution in [-0.2, 0) is 30.4 Å². The van der Waals surface area contributed by atoms with Crippen LogP contribution in [0.3, 0.4) is 0 Å². The maximum Gasteiger partial charge on any atom is 0.407 e. The number of nitrogens with one attached hydrogen (secondary N) is 5. The standard InChI is InChI=1S/C29H41FN6O8/c1-17(2)23(35-22(37)11-13-43-14-12-31-28(42)44-29(4,5)6)25(39)33-18(3)24(38)34-20-9-7-19(8-10-20)16-36-26(40)21(30)15-32-27(36)41/h7-10,15,17-18,23H,11-14,16H2,1-6H3,(H,31,42)(H,32,41)(H,33,39)(H,34,38)(H,35,37)/t18-,23-/m0/s1. The first kappa shape index (κ1) is 35.7. The molecule has 2 rings (SSSR count). The maximum absolute atomic E-state index is 13.5. The van der Waals surface area contributed by atoms with Crippen LogP contribution in [0.4, 0.5) is 14.9 Å². The highest BCUT2D eigenvalue weighted by molar-refractivity contribution is 5.98. The van der Waals surface area contributed by atoms with E-state index in [9.17, 15) is 33.2 Å². The number of alkyl carbamates (subject to hydrolysis) is 1. The third kappa shape index (κ3) is 12.0. The van der Waals surface area contributed by atoms with E-state index in [0.29, 0.717) is 22.0 Å². The fourth-order valence-corrected chi connectivity index (χ4v) is 3.71. The summed E-state index contributed by atoms with van der Waals surface area (Å²) in [5.74, 6) is -2.85. The molecule has 1 aromatic heterocycles. The minimum atomic E-state index is -1.08. The van der Waals surface area contributed by atoms with E-state index in [1.54, 1.807) is 46.8 Å². The van der Waals surface area contributed by atoms with E-state index < -0.39 is 58.6 Å². The Kier molecular flexibility index (Phi) is 13.3. The number of carbonyl (C=O) groups is 4. The molecule has 2 aromatic rings. The van der Waals surface area contributed by atoms with Crippen molar-refractivity contribution in [2.45, 2.75) is 72.2 Å². The van der Waals surface area contributed by atoms with Crippen molar-refractivity contribution in [1.82, 2.24) is 25.5 Å². The van der Waals surface area contributed by atoms with Gasteiger partial charge in [-0.25, -0.2) is 9.59 Å². The molecule has 1 aromatic carbocycles. The van der Waals surface area contributed by atoms with Crippen molar-refractivity contribution in [3.05, 3.63) is 62.7 Å². The van der Waals surface area contributed by atoms with Gasteiger partial charge in [-0.3, -0.25) is 23.7 Å². The lowest BCUT2D eigenvalue weighted by Gasteiger charge is -2.24. The van der Waals surface area contributed by atoms with E-state index in [0.717, 1.165) is 0 Å². The molecule has 5 N–H and O–H groups in total. The van der Waals surface area contributed by atoms with E-state index in [4.69, 9.17) is 9.47 Å². The largest absolute Gasteiger partial charge is 0.444 e. The molecule has 15 heteroatoms. The van der Waals surface area contributed by atoms with Crippen molar-refractivity contribution >= 4 is 29.5 Å². The van der Waals surface area contributed by atoms with Crippen LogP contribution in [-0.4, -0.2) is 70.8 Å². The smallest absolute Gasteiger partial charge is 0.407 e. The summed E-state index contributed by atoms with van der Waals surface area (Å²) in [5, 5.41) is 10.5. The van der Waals surface area contributed by atoms with Crippen LogP contribution in [0.2, 0.25) is 0 Å². The Morgan fingerprint density at radius 2 is 1.64 bits per heavy atom. The molecule has 0 aliphatic heterocycles. The second-order valence-electron chi connectivity index (χ2n) is 11.3. The van der Waals surface area contributed by atoms with Gasteiger partial charge >= 0.3 is 11.8 Å². The number of aromatic nitrogens is 2. The number of ether oxygens (including phenoxy) is 2. The summed E-state index contributed by atoms with van der Waals surface area (Å²) < 4.78 is 24.7. The Morgan fingerprint density at radius 3 is 2.25 bits per heavy atom. The highest BCUT2D eigenvalue weighted by Gasteiger charge is 2.27. The summed E-state index contributed by atoms with van der Waals surface area (Å²) in [6.07, 6.45) is 0.114. The second kappa shape index (κ2) is 16.4. The molecule has 0 aliphatic carbocycles. The Bertz CT molecular complexity index is 1410. The van der Waals surface area contributed by atoms with Crippen LogP contribution in [0.1, 0.15) is 53.5 Å². The predicted octanol–water partition coefficient (Wildman–Crippen LogP) is 1.24. The Labute approximate surface area is 254 Å². The number of hydrogen-bond donors (Lipinski definition) is 5. The quantitative estimate of drug-likeness (QED) is 0.195. The van der Waals surface area contributed by atoms with Crippen molar-refractivity contribution in [2.75, 3.05) is 25.1 Å². The van der Waals surface area contributed by atoms with Gasteiger partial charge in [0.1, 0.15) is 17.7 Å². The highest BCUT2D eigenvalue weighted by atomic mass is 19.1. The Balaban J connectivity index is 1.80. The van der Waals surface area contributed by atoms with E-state index in [2.05, 4.69) is 26.3 Å². The van der Waals surface area contributed by atoms with Gasteiger partial charge in [0, 0.05) is 24.8 Å². The molecule has 0 bridgehead atoms. The third-order valence-corrected chi connectivity index (χ3v) is 5.98. The molecular formula is C29H41FN6O8. The van der Waals surface area contributed by atoms with Gasteiger partial charge in [-0.2, -0.15) is 4.39 Å². The van der Waals surface area contributed by atoms with Crippen LogP contribution in [0.5, 0.6) is 0 Å². The van der Waals surface area contributed by atoms with Gasteiger partial charge < -0.3 is 35.7 Å². The highest BCUT2D eigenvalue weighted by Crippen LogP contribution is 2.11. The molecule has 44 heavy (non-hydrogen) atoms. The molecule has 1 heterocycles. The number of hydrogen-bond acceptors (Lipinski definition) is 8. The van der Waals surface area contributed by atoms with Gasteiger partial charge in [0.25, 0.3) is 5.56 Å². The van der Waals surface area contributed by atoms with Gasteiger partial charge in [0.2, 0.25) is 23.5 Å². The van der Waals surface area contributed by atoms with Crippen molar-refractivity contribution in [1.29, 1.82) is 0 Å². The lowest BCUT2D eigenvalue weighted by atomic mass is 10.0. The second-order valence-corrected chi connectivity index (χ2v) is 11.3. The van der Waals surface area contributed by atoms with Gasteiger partial charge in [0.15, 0.2) is 0 Å². The number of anilines is 1. The molecule has 2 atom stereocenters. The first-order valence-corrected chi connectivity index (χ1v) is 14.1. The average Bonchev–Trinajstić information content (AvgIpc) is 2.93. The number of nitrogens with zero attached hydrogens (tertiary/aromatic N) is 1. The molecule has 0 saturated heterocycles. The van der Waals surface area contributed by atoms with E-state index >= 15 is 0 Å². The van der Waals surface area contributed by atoms with Crippen LogP contribution >= 0.6 is 0 Å². The number of amides is 4. The number of H-pyrrole nitrogens is 1. The van der Waals surface area contributed by atoms with Crippen LogP contribution < -0.4 is 32.5 Å². The molecule has 0 spiro atoms. The Morgan fingerprint density at radius 1 is 0.977 bits per heavy atom. The number of halogens is 1. The maximum atomic E-state index is 13.5. The van der Waals surface area contributed by atoms with Crippen molar-refractivity contribution in [3.63, 3.8) is 0 Å². The summed E-state index contributed by atoms with van der Waals surface area (Å²) in [5.41, 5.74) is -1.52. The molecule has 14 nitrogen and oxygen atoms in total. The minimum Gasteiger partial charge on any atom is -0.444 e. The summed E-state index contributed by atoms with van der Waals surface area (Å²) in [7, 11) is 0. The van der Waals surface area contributed by atoms with Crippen LogP contribution in [0.25, 0.3) is 0 Å². The molecule has 242 valence electrons. The zero-order valence-corrected chi connectivity index (χ0v) is 25.7. The topological polar surface area (TPSA) is 190 Å². The fraction of sp³-hybridized carbons (Fsp3) is 0.517. The number of aromatic amines is 1. The first-order chi connectivity index (χ1) is 20.6. The monoisotopic (exact) mass is 620 g/mol. The third-order valence-electron chi connectivity index (χ3n) is 5.98. The SMILES string of the molecule is CC(C)[C@H](NC(=O)CCOCCNC(=O)OC(C)(C)C)C(=O)N[C@@H](C)C(=O)Nc1ccc(Cn2c(=O)[nH]cc(F)c2=O)cc1. The van der Waals surface area contributed by atoms with Crippen molar-refractivity contribution in [3.8, 4) is 0 Å². The molecular weight excluding hydrogens is 579 g/mol. The van der Waals surface area contributed by atoms with Gasteiger partial charge in [-0.05, 0) is 51.3 Å². The van der Waals surface area contributed by atoms with Crippen molar-refractivity contribution in [2.24, 2.45) is 5.92 Å². The van der Waals surface area contributed by atoms with Crippen LogP contribution in [0, 0.1) is 11.7 Å². The lowest BCUT2D eigenvalue weighted by Crippen LogP contribution is -2.53. The molecule has 4 amide bonds. The summed E-state index contributed by atoms with van der Waals surface area (Å²) >= 11 is 0. The number of benzene rings is 1. The fourth-order valence-electron chi connectivity index (χ4n) is 3.71. The molecule has 0 radical (unpaired) electrons. The zero-order valence-electron chi connectivity index (χ0n) is 25.7. The first-order valence-electron chi connectivity index (χ1n) is 14.1. The summed E-state index contributed by atoms with van der Waals surface area (Å²) in [6, 6.07) is 4.33. The minimum absolute atomic E-state index is 0.0167. The van der Waals surface area contributed by atoms with E-state index in [1.165, 1.54) is 19.1 Å². The Hall–Kier alpha value is -4.53. The summed E-state index contributed by atoms with van der Waals surface area (Å²) in [6.45, 7) is 10.5. The molecule has 0 saturated carbocycles. The molecule has 0 aliphatic rings. The van der Waals surface area contributed by atoms with E-state index in [-0.39, 0.29) is 38.6 Å². The molecule has 0 unspecified atom stereocenters. The molecule has 0 fully saturated rings. The van der Waals surface area contributed by atoms with Crippen LogP contribution in [0.15, 0.2) is 40.1 Å². The number of carbonyl (C=O) groups excluding carboxylic acids is 4. The number of rotatable bonds is 14. The normalized spacial score (nSPS) is 12.6. The van der Waals surface area contributed by atoms with Crippen molar-refractivity contribution < 1.29 is 33.0 Å². The zero-order chi connectivity index (χ0) is 33.0. The van der Waals surface area contributed by atoms with Gasteiger partial charge in [-0.1, -0.05) is 26.0 Å².